The Morgan fingerprint density at radius 2 is 1.73 bits per heavy atom. The molecule has 0 saturated carbocycles. The number of halogens is 1. The Morgan fingerprint density at radius 1 is 1.13 bits per heavy atom. The summed E-state index contributed by atoms with van der Waals surface area (Å²) >= 11 is 7.30. The van der Waals surface area contributed by atoms with E-state index in [0.29, 0.717) is 18.1 Å². The van der Waals surface area contributed by atoms with Gasteiger partial charge in [-0.25, -0.2) is 4.79 Å². The van der Waals surface area contributed by atoms with Gasteiger partial charge in [0.15, 0.2) is 5.69 Å². The van der Waals surface area contributed by atoms with E-state index in [1.165, 1.54) is 21.2 Å². The van der Waals surface area contributed by atoms with Gasteiger partial charge in [-0.2, -0.15) is 0 Å². The molecule has 0 saturated heterocycles. The first-order valence-electron chi connectivity index (χ1n) is 9.87. The minimum absolute atomic E-state index is 0.00939. The van der Waals surface area contributed by atoms with Crippen molar-refractivity contribution < 1.29 is 4.79 Å². The number of nitrogens with one attached hydrogen (secondary N) is 1. The Morgan fingerprint density at radius 3 is 2.27 bits per heavy atom. The van der Waals surface area contributed by atoms with Crippen LogP contribution in [0.15, 0.2) is 38.8 Å². The van der Waals surface area contributed by atoms with Gasteiger partial charge in [-0.3, -0.25) is 19.1 Å². The van der Waals surface area contributed by atoms with E-state index in [9.17, 15) is 14.4 Å². The molecule has 2 rings (SSSR count). The molecule has 30 heavy (non-hydrogen) atoms. The molecule has 1 heterocycles. The summed E-state index contributed by atoms with van der Waals surface area (Å²) in [7, 11) is 0. The Kier molecular flexibility index (Phi) is 8.20. The van der Waals surface area contributed by atoms with E-state index in [4.69, 9.17) is 17.3 Å². The number of nitrogens with zero attached hydrogens (tertiary/aromatic N) is 2. The van der Waals surface area contributed by atoms with Crippen LogP contribution in [0.1, 0.15) is 34.6 Å². The molecule has 9 heteroatoms. The van der Waals surface area contributed by atoms with E-state index in [0.717, 1.165) is 4.90 Å². The SMILES string of the molecule is CC(C)CN(C(=O)C(C)Sc1ccc(Cl)cc1)c1c(N)n(CC(C)C)c(=O)[nH]c1=O. The lowest BCUT2D eigenvalue weighted by Gasteiger charge is -2.28. The van der Waals surface area contributed by atoms with Crippen LogP contribution in [0.4, 0.5) is 11.5 Å². The molecular weight excluding hydrogens is 424 g/mol. The Balaban J connectivity index is 2.46. The molecule has 1 aromatic carbocycles. The van der Waals surface area contributed by atoms with Crippen molar-refractivity contribution in [2.75, 3.05) is 17.2 Å². The normalized spacial score (nSPS) is 12.4. The highest BCUT2D eigenvalue weighted by molar-refractivity contribution is 8.00. The van der Waals surface area contributed by atoms with Crippen molar-refractivity contribution in [1.29, 1.82) is 0 Å². The van der Waals surface area contributed by atoms with Crippen molar-refractivity contribution >= 4 is 40.8 Å². The van der Waals surface area contributed by atoms with E-state index in [2.05, 4.69) is 4.98 Å². The molecule has 0 spiro atoms. The van der Waals surface area contributed by atoms with Crippen LogP contribution in [0, 0.1) is 11.8 Å². The Labute approximate surface area is 185 Å². The van der Waals surface area contributed by atoms with Crippen LogP contribution in [-0.2, 0) is 11.3 Å². The molecule has 0 aliphatic heterocycles. The standard InChI is InChI=1S/C21H29ClN4O3S/c1-12(2)10-25(20(28)14(5)30-16-8-6-15(22)7-9-16)17-18(23)26(11-13(3)4)21(29)24-19(17)27/h6-9,12-14H,10-11,23H2,1-5H3,(H,24,27,29). The number of amides is 1. The molecular formula is C21H29ClN4O3S. The highest BCUT2D eigenvalue weighted by Crippen LogP contribution is 2.28. The number of hydrogen-bond acceptors (Lipinski definition) is 5. The summed E-state index contributed by atoms with van der Waals surface area (Å²) < 4.78 is 1.32. The first kappa shape index (κ1) is 24.1. The molecule has 0 radical (unpaired) electrons. The Hall–Kier alpha value is -2.19. The minimum Gasteiger partial charge on any atom is -0.383 e. The number of aromatic nitrogens is 2. The van der Waals surface area contributed by atoms with Gasteiger partial charge in [0, 0.05) is 23.0 Å². The van der Waals surface area contributed by atoms with Crippen LogP contribution < -0.4 is 21.9 Å². The monoisotopic (exact) mass is 452 g/mol. The van der Waals surface area contributed by atoms with Gasteiger partial charge in [0.1, 0.15) is 5.82 Å². The lowest BCUT2D eigenvalue weighted by molar-refractivity contribution is -0.118. The van der Waals surface area contributed by atoms with E-state index < -0.39 is 16.5 Å². The average Bonchev–Trinajstić information content (AvgIpc) is 2.65. The third-order valence-electron chi connectivity index (χ3n) is 4.32. The summed E-state index contributed by atoms with van der Waals surface area (Å²) in [5.74, 6) is -0.0194. The summed E-state index contributed by atoms with van der Waals surface area (Å²) in [6.07, 6.45) is 0. The summed E-state index contributed by atoms with van der Waals surface area (Å²) in [5, 5.41) is 0.140. The first-order valence-corrected chi connectivity index (χ1v) is 11.1. The van der Waals surface area contributed by atoms with Crippen LogP contribution in [0.2, 0.25) is 5.02 Å². The van der Waals surface area contributed by atoms with Crippen molar-refractivity contribution in [3.63, 3.8) is 0 Å². The molecule has 1 unspecified atom stereocenters. The second kappa shape index (κ2) is 10.2. The maximum Gasteiger partial charge on any atom is 0.330 e. The number of rotatable bonds is 8. The van der Waals surface area contributed by atoms with Crippen LogP contribution in [0.3, 0.4) is 0 Å². The van der Waals surface area contributed by atoms with Gasteiger partial charge < -0.3 is 10.6 Å². The van der Waals surface area contributed by atoms with E-state index >= 15 is 0 Å². The predicted molar refractivity (Wildman–Crippen MR) is 125 cm³/mol. The number of carbonyl (C=O) groups is 1. The topological polar surface area (TPSA) is 101 Å². The molecule has 1 atom stereocenters. The van der Waals surface area contributed by atoms with Gasteiger partial charge in [0.25, 0.3) is 5.56 Å². The summed E-state index contributed by atoms with van der Waals surface area (Å²) in [5.41, 5.74) is 5.04. The summed E-state index contributed by atoms with van der Waals surface area (Å²) in [6.45, 7) is 10.2. The number of hydrogen-bond donors (Lipinski definition) is 2. The maximum atomic E-state index is 13.4. The molecule has 0 aliphatic carbocycles. The number of H-pyrrole nitrogens is 1. The van der Waals surface area contributed by atoms with E-state index in [-0.39, 0.29) is 29.2 Å². The fraction of sp³-hybridized carbons (Fsp3) is 0.476. The molecule has 164 valence electrons. The van der Waals surface area contributed by atoms with E-state index in [1.54, 1.807) is 19.1 Å². The fourth-order valence-electron chi connectivity index (χ4n) is 3.03. The average molecular weight is 453 g/mol. The zero-order valence-electron chi connectivity index (χ0n) is 17.9. The number of nitrogens with two attached hydrogens (primary N) is 1. The summed E-state index contributed by atoms with van der Waals surface area (Å²) in [4.78, 5) is 42.9. The minimum atomic E-state index is -0.657. The molecule has 0 aliphatic rings. The number of aromatic amines is 1. The van der Waals surface area contributed by atoms with Gasteiger partial charge in [0.2, 0.25) is 5.91 Å². The van der Waals surface area contributed by atoms with Crippen LogP contribution in [-0.4, -0.2) is 27.3 Å². The Bertz CT molecular complexity index is 999. The lowest BCUT2D eigenvalue weighted by atomic mass is 10.2. The number of benzene rings is 1. The molecule has 1 amide bonds. The van der Waals surface area contributed by atoms with Crippen molar-refractivity contribution in [1.82, 2.24) is 9.55 Å². The molecule has 1 aromatic heterocycles. The zero-order valence-corrected chi connectivity index (χ0v) is 19.5. The fourth-order valence-corrected chi connectivity index (χ4v) is 4.08. The molecule has 7 nitrogen and oxygen atoms in total. The lowest BCUT2D eigenvalue weighted by Crippen LogP contribution is -2.45. The highest BCUT2D eigenvalue weighted by Gasteiger charge is 2.29. The van der Waals surface area contributed by atoms with E-state index in [1.807, 2.05) is 39.8 Å². The number of nitrogen functional groups attached to an aromatic ring is 1. The van der Waals surface area contributed by atoms with Gasteiger partial charge in [-0.15, -0.1) is 11.8 Å². The summed E-state index contributed by atoms with van der Waals surface area (Å²) in [6, 6.07) is 7.20. The highest BCUT2D eigenvalue weighted by atomic mass is 35.5. The third kappa shape index (κ3) is 5.92. The predicted octanol–water partition coefficient (Wildman–Crippen LogP) is 3.60. The molecule has 0 bridgehead atoms. The second-order valence-electron chi connectivity index (χ2n) is 8.05. The van der Waals surface area contributed by atoms with Crippen molar-refractivity contribution in [2.24, 2.45) is 11.8 Å². The number of thioether (sulfide) groups is 1. The van der Waals surface area contributed by atoms with Crippen LogP contribution in [0.25, 0.3) is 0 Å². The van der Waals surface area contributed by atoms with Crippen molar-refractivity contribution in [2.45, 2.75) is 51.3 Å². The van der Waals surface area contributed by atoms with Crippen molar-refractivity contribution in [3.8, 4) is 0 Å². The molecule has 3 N–H and O–H groups in total. The second-order valence-corrected chi connectivity index (χ2v) is 9.90. The molecule has 2 aromatic rings. The number of carbonyl (C=O) groups excluding carboxylic acids is 1. The smallest absolute Gasteiger partial charge is 0.330 e. The van der Waals surface area contributed by atoms with Crippen LogP contribution >= 0.6 is 23.4 Å². The number of anilines is 2. The first-order chi connectivity index (χ1) is 14.0. The van der Waals surface area contributed by atoms with Gasteiger partial charge in [-0.05, 0) is 43.0 Å². The largest absolute Gasteiger partial charge is 0.383 e. The van der Waals surface area contributed by atoms with Crippen molar-refractivity contribution in [3.05, 3.63) is 50.1 Å². The zero-order chi connectivity index (χ0) is 22.6. The van der Waals surface area contributed by atoms with Gasteiger partial charge >= 0.3 is 5.69 Å². The third-order valence-corrected chi connectivity index (χ3v) is 5.67. The van der Waals surface area contributed by atoms with Gasteiger partial charge in [-0.1, -0.05) is 39.3 Å². The maximum absolute atomic E-state index is 13.4. The van der Waals surface area contributed by atoms with Gasteiger partial charge in [0.05, 0.1) is 5.25 Å². The quantitative estimate of drug-likeness (QED) is 0.596. The van der Waals surface area contributed by atoms with Crippen LogP contribution in [0.5, 0.6) is 0 Å². The molecule has 0 fully saturated rings.